The minimum absolute atomic E-state index is 0. The lowest BCUT2D eigenvalue weighted by Crippen LogP contribution is -2.47. The normalized spacial score (nSPS) is 21.2. The zero-order chi connectivity index (χ0) is 15.8. The highest BCUT2D eigenvalue weighted by Crippen LogP contribution is 2.23. The molecule has 3 N–H and O–H groups in total. The van der Waals surface area contributed by atoms with Crippen molar-refractivity contribution in [3.8, 4) is 0 Å². The van der Waals surface area contributed by atoms with Crippen molar-refractivity contribution in [3.63, 3.8) is 0 Å². The van der Waals surface area contributed by atoms with E-state index in [2.05, 4.69) is 27.9 Å². The number of hydrogen-bond acceptors (Lipinski definition) is 3. The van der Waals surface area contributed by atoms with E-state index < -0.39 is 0 Å². The second-order valence-electron chi connectivity index (χ2n) is 5.88. The van der Waals surface area contributed by atoms with Crippen molar-refractivity contribution in [2.24, 2.45) is 10.9 Å². The first-order valence-electron chi connectivity index (χ1n) is 7.93. The van der Waals surface area contributed by atoms with Gasteiger partial charge in [0.2, 0.25) is 5.91 Å². The average molecular weight is 434 g/mol. The fourth-order valence-electron chi connectivity index (χ4n) is 2.62. The smallest absolute Gasteiger partial charge is 0.239 e. The number of nitrogens with one attached hydrogen (secondary N) is 3. The summed E-state index contributed by atoms with van der Waals surface area (Å²) in [5, 5.41) is 9.24. The summed E-state index contributed by atoms with van der Waals surface area (Å²) in [4.78, 5) is 16.0. The summed E-state index contributed by atoms with van der Waals surface area (Å²) in [5.74, 6) is 2.16. The van der Waals surface area contributed by atoms with Gasteiger partial charge in [-0.1, -0.05) is 6.92 Å². The molecule has 6 nitrogen and oxygen atoms in total. The molecule has 0 aliphatic heterocycles. The maximum Gasteiger partial charge on any atom is 0.239 e. The Morgan fingerprint density at radius 1 is 1.30 bits per heavy atom. The van der Waals surface area contributed by atoms with Crippen LogP contribution in [0.4, 0.5) is 0 Å². The van der Waals surface area contributed by atoms with Gasteiger partial charge in [-0.25, -0.2) is 0 Å². The zero-order valence-electron chi connectivity index (χ0n) is 13.8. The molecule has 0 radical (unpaired) electrons. The van der Waals surface area contributed by atoms with Crippen LogP contribution >= 0.6 is 24.0 Å². The van der Waals surface area contributed by atoms with Gasteiger partial charge in [0.1, 0.15) is 5.76 Å². The van der Waals surface area contributed by atoms with Crippen LogP contribution in [0.1, 0.15) is 38.4 Å². The molecule has 1 amide bonds. The summed E-state index contributed by atoms with van der Waals surface area (Å²) in [5.41, 5.74) is 0. The van der Waals surface area contributed by atoms with Crippen molar-refractivity contribution in [2.45, 2.75) is 45.2 Å². The van der Waals surface area contributed by atoms with Gasteiger partial charge in [-0.2, -0.15) is 0 Å². The van der Waals surface area contributed by atoms with Crippen molar-refractivity contribution in [3.05, 3.63) is 24.2 Å². The van der Waals surface area contributed by atoms with Gasteiger partial charge in [0.05, 0.1) is 19.4 Å². The van der Waals surface area contributed by atoms with Crippen LogP contribution in [0.3, 0.4) is 0 Å². The Labute approximate surface area is 154 Å². The van der Waals surface area contributed by atoms with Gasteiger partial charge in [0.15, 0.2) is 5.96 Å². The SMILES string of the molecule is CN=C(NCC(=O)NCc1ccco1)NC1CCC(C)CC1.I. The fraction of sp³-hybridized carbons (Fsp3) is 0.625. The van der Waals surface area contributed by atoms with Crippen LogP contribution in [-0.4, -0.2) is 31.5 Å². The summed E-state index contributed by atoms with van der Waals surface area (Å²) in [6, 6.07) is 4.09. The number of hydrogen-bond donors (Lipinski definition) is 3. The molecule has 23 heavy (non-hydrogen) atoms. The second kappa shape index (κ2) is 10.5. The molecule has 0 unspecified atom stereocenters. The third-order valence-electron chi connectivity index (χ3n) is 4.04. The number of guanidine groups is 1. The Bertz CT molecular complexity index is 482. The van der Waals surface area contributed by atoms with E-state index >= 15 is 0 Å². The average Bonchev–Trinajstić information content (AvgIpc) is 3.04. The molecule has 1 saturated carbocycles. The summed E-state index contributed by atoms with van der Waals surface area (Å²) >= 11 is 0. The number of halogens is 1. The zero-order valence-corrected chi connectivity index (χ0v) is 16.1. The Balaban J connectivity index is 0.00000264. The summed E-state index contributed by atoms with van der Waals surface area (Å²) < 4.78 is 5.17. The van der Waals surface area contributed by atoms with Crippen LogP contribution in [0.25, 0.3) is 0 Å². The van der Waals surface area contributed by atoms with Crippen molar-refractivity contribution in [1.82, 2.24) is 16.0 Å². The molecule has 0 aromatic carbocycles. The predicted octanol–water partition coefficient (Wildman–Crippen LogP) is 2.26. The summed E-state index contributed by atoms with van der Waals surface area (Å²) in [6.45, 7) is 2.90. The van der Waals surface area contributed by atoms with Crippen molar-refractivity contribution in [2.75, 3.05) is 13.6 Å². The molecule has 1 aliphatic rings. The molecule has 130 valence electrons. The molecule has 0 bridgehead atoms. The molecule has 0 saturated heterocycles. The third kappa shape index (κ3) is 7.24. The van der Waals surface area contributed by atoms with Gasteiger partial charge in [-0.05, 0) is 43.7 Å². The molecule has 1 fully saturated rings. The Hall–Kier alpha value is -1.25. The Morgan fingerprint density at radius 2 is 2.04 bits per heavy atom. The van der Waals surface area contributed by atoms with E-state index in [4.69, 9.17) is 4.42 Å². The minimum atomic E-state index is -0.0865. The van der Waals surface area contributed by atoms with Crippen LogP contribution in [-0.2, 0) is 11.3 Å². The predicted molar refractivity (Wildman–Crippen MR) is 102 cm³/mol. The Morgan fingerprint density at radius 3 is 2.65 bits per heavy atom. The first-order chi connectivity index (χ1) is 10.7. The third-order valence-corrected chi connectivity index (χ3v) is 4.04. The quantitative estimate of drug-likeness (QED) is 0.378. The summed E-state index contributed by atoms with van der Waals surface area (Å²) in [6.07, 6.45) is 6.41. The number of carbonyl (C=O) groups is 1. The highest BCUT2D eigenvalue weighted by Gasteiger charge is 2.19. The van der Waals surface area contributed by atoms with Crippen molar-refractivity contribution >= 4 is 35.8 Å². The first kappa shape index (κ1) is 19.8. The molecule has 1 heterocycles. The van der Waals surface area contributed by atoms with Crippen LogP contribution in [0.15, 0.2) is 27.8 Å². The van der Waals surface area contributed by atoms with E-state index in [0.717, 1.165) is 24.5 Å². The molecule has 1 aromatic heterocycles. The van der Waals surface area contributed by atoms with Crippen molar-refractivity contribution in [1.29, 1.82) is 0 Å². The largest absolute Gasteiger partial charge is 0.467 e. The van der Waals surface area contributed by atoms with Crippen LogP contribution < -0.4 is 16.0 Å². The van der Waals surface area contributed by atoms with Gasteiger partial charge in [0, 0.05) is 13.1 Å². The van der Waals surface area contributed by atoms with Gasteiger partial charge in [-0.15, -0.1) is 24.0 Å². The van der Waals surface area contributed by atoms with Gasteiger partial charge < -0.3 is 20.4 Å². The lowest BCUT2D eigenvalue weighted by molar-refractivity contribution is -0.120. The number of aliphatic imine (C=N–C) groups is 1. The van der Waals surface area contributed by atoms with E-state index in [9.17, 15) is 4.79 Å². The standard InChI is InChI=1S/C16H26N4O2.HI/c1-12-5-7-13(8-6-12)20-16(17-2)19-11-15(21)18-10-14-4-3-9-22-14;/h3-4,9,12-13H,5-8,10-11H2,1-2H3,(H,18,21)(H2,17,19,20);1H. The van der Waals surface area contributed by atoms with Crippen LogP contribution in [0.2, 0.25) is 0 Å². The lowest BCUT2D eigenvalue weighted by atomic mass is 9.87. The first-order valence-corrected chi connectivity index (χ1v) is 7.93. The number of amides is 1. The van der Waals surface area contributed by atoms with E-state index in [1.54, 1.807) is 19.4 Å². The monoisotopic (exact) mass is 434 g/mol. The molecule has 1 aliphatic carbocycles. The highest BCUT2D eigenvalue weighted by molar-refractivity contribution is 14.0. The van der Waals surface area contributed by atoms with Crippen molar-refractivity contribution < 1.29 is 9.21 Å². The summed E-state index contributed by atoms with van der Waals surface area (Å²) in [7, 11) is 1.72. The van der Waals surface area contributed by atoms with Crippen LogP contribution in [0.5, 0.6) is 0 Å². The molecular formula is C16H27IN4O2. The lowest BCUT2D eigenvalue weighted by Gasteiger charge is -2.28. The fourth-order valence-corrected chi connectivity index (χ4v) is 2.62. The number of nitrogens with zero attached hydrogens (tertiary/aromatic N) is 1. The van der Waals surface area contributed by atoms with E-state index in [1.807, 2.05) is 6.07 Å². The van der Waals surface area contributed by atoms with Gasteiger partial charge in [-0.3, -0.25) is 9.79 Å². The van der Waals surface area contributed by atoms with E-state index in [0.29, 0.717) is 18.5 Å². The topological polar surface area (TPSA) is 78.7 Å². The van der Waals surface area contributed by atoms with Crippen LogP contribution in [0, 0.1) is 5.92 Å². The van der Waals surface area contributed by atoms with E-state index in [1.165, 1.54) is 12.8 Å². The molecular weight excluding hydrogens is 407 g/mol. The van der Waals surface area contributed by atoms with Gasteiger partial charge in [0.25, 0.3) is 0 Å². The number of rotatable bonds is 5. The highest BCUT2D eigenvalue weighted by atomic mass is 127. The maximum atomic E-state index is 11.8. The molecule has 0 spiro atoms. The Kier molecular flexibility index (Phi) is 9.05. The molecule has 7 heteroatoms. The molecule has 1 aromatic rings. The molecule has 2 rings (SSSR count). The second-order valence-corrected chi connectivity index (χ2v) is 5.88. The van der Waals surface area contributed by atoms with E-state index in [-0.39, 0.29) is 36.4 Å². The molecule has 0 atom stereocenters. The van der Waals surface area contributed by atoms with Gasteiger partial charge >= 0.3 is 0 Å². The maximum absolute atomic E-state index is 11.8. The number of furan rings is 1. The number of carbonyl (C=O) groups excluding carboxylic acids is 1. The minimum Gasteiger partial charge on any atom is -0.467 e.